The van der Waals surface area contributed by atoms with E-state index >= 15 is 0 Å². The minimum Gasteiger partial charge on any atom is -0.462 e. The monoisotopic (exact) mass is 428 g/mol. The number of esters is 2. The summed E-state index contributed by atoms with van der Waals surface area (Å²) >= 11 is 0. The molecule has 1 aliphatic heterocycles. The highest BCUT2D eigenvalue weighted by Crippen LogP contribution is 2.40. The summed E-state index contributed by atoms with van der Waals surface area (Å²) in [6.45, 7) is 2.55. The molecule has 1 aromatic heterocycles. The van der Waals surface area contributed by atoms with Crippen molar-refractivity contribution in [2.24, 2.45) is 17.8 Å². The predicted molar refractivity (Wildman–Crippen MR) is 111 cm³/mol. The molecule has 1 aliphatic carbocycles. The number of nitrogens with one attached hydrogen (secondary N) is 2. The molecular weight excluding hydrogens is 398 g/mol. The Bertz CT molecular complexity index is 940. The Morgan fingerprint density at radius 3 is 2.90 bits per heavy atom. The third-order valence-electron chi connectivity index (χ3n) is 6.29. The van der Waals surface area contributed by atoms with Crippen molar-refractivity contribution in [1.82, 2.24) is 25.9 Å². The SMILES string of the molecule is [2H][C@@]1(C(=O)Oc2ccccc2C(=O)OCC)C[C@H]2C[C@@H](CCc3nn[nH]n3)CC[C@H]2CN1. The van der Waals surface area contributed by atoms with Crippen LogP contribution in [0, 0.1) is 17.8 Å². The fourth-order valence-electron chi connectivity index (χ4n) is 4.67. The molecule has 166 valence electrons. The molecule has 31 heavy (non-hydrogen) atoms. The number of piperidine rings is 1. The highest BCUT2D eigenvalue weighted by Gasteiger charge is 2.38. The highest BCUT2D eigenvalue weighted by molar-refractivity contribution is 5.93. The number of nitrogens with zero attached hydrogens (tertiary/aromatic N) is 3. The van der Waals surface area contributed by atoms with E-state index in [0.717, 1.165) is 37.9 Å². The van der Waals surface area contributed by atoms with Gasteiger partial charge < -0.3 is 14.8 Å². The van der Waals surface area contributed by atoms with Crippen LogP contribution in [0.3, 0.4) is 0 Å². The van der Waals surface area contributed by atoms with E-state index in [1.165, 1.54) is 0 Å². The van der Waals surface area contributed by atoms with Crippen LogP contribution in [0.15, 0.2) is 24.3 Å². The number of tetrazole rings is 1. The van der Waals surface area contributed by atoms with Gasteiger partial charge in [0.1, 0.15) is 17.3 Å². The molecule has 4 rings (SSSR count). The van der Waals surface area contributed by atoms with Crippen LogP contribution in [0.25, 0.3) is 0 Å². The molecule has 4 atom stereocenters. The first-order chi connectivity index (χ1) is 15.5. The molecular formula is C22H29N5O4. The lowest BCUT2D eigenvalue weighted by Gasteiger charge is -2.42. The number of rotatable bonds is 7. The van der Waals surface area contributed by atoms with Gasteiger partial charge in [-0.1, -0.05) is 23.8 Å². The maximum Gasteiger partial charge on any atom is 0.341 e. The van der Waals surface area contributed by atoms with E-state index in [-0.39, 0.29) is 23.8 Å². The summed E-state index contributed by atoms with van der Waals surface area (Å²) in [5.74, 6) is 0.826. The molecule has 0 amide bonds. The zero-order chi connectivity index (χ0) is 22.6. The van der Waals surface area contributed by atoms with Crippen LogP contribution >= 0.6 is 0 Å². The number of H-pyrrole nitrogens is 1. The second-order valence-electron chi connectivity index (χ2n) is 8.24. The van der Waals surface area contributed by atoms with E-state index in [0.29, 0.717) is 24.8 Å². The fraction of sp³-hybridized carbons (Fsp3) is 0.591. The number of aromatic nitrogens is 4. The van der Waals surface area contributed by atoms with Crippen molar-refractivity contribution >= 4 is 11.9 Å². The number of ether oxygens (including phenoxy) is 2. The molecule has 9 nitrogen and oxygen atoms in total. The van der Waals surface area contributed by atoms with Gasteiger partial charge in [-0.05, 0) is 69.0 Å². The van der Waals surface area contributed by atoms with Crippen LogP contribution in [0.1, 0.15) is 56.6 Å². The summed E-state index contributed by atoms with van der Waals surface area (Å²) in [6, 6.07) is 4.92. The lowest BCUT2D eigenvalue weighted by Crippen LogP contribution is -2.51. The predicted octanol–water partition coefficient (Wildman–Crippen LogP) is 2.31. The Morgan fingerprint density at radius 1 is 1.23 bits per heavy atom. The van der Waals surface area contributed by atoms with Crippen molar-refractivity contribution in [2.75, 3.05) is 13.2 Å². The summed E-state index contributed by atoms with van der Waals surface area (Å²) in [5, 5.41) is 17.2. The number of fused-ring (bicyclic) bond motifs is 1. The van der Waals surface area contributed by atoms with Gasteiger partial charge in [-0.15, -0.1) is 10.2 Å². The van der Waals surface area contributed by atoms with Gasteiger partial charge in [0, 0.05) is 6.42 Å². The molecule has 2 N–H and O–H groups in total. The van der Waals surface area contributed by atoms with Crippen molar-refractivity contribution in [2.45, 2.75) is 51.5 Å². The second-order valence-corrected chi connectivity index (χ2v) is 8.24. The van der Waals surface area contributed by atoms with Gasteiger partial charge in [-0.25, -0.2) is 9.59 Å². The molecule has 2 aliphatic rings. The lowest BCUT2D eigenvalue weighted by atomic mass is 9.69. The average Bonchev–Trinajstić information content (AvgIpc) is 3.31. The highest BCUT2D eigenvalue weighted by atomic mass is 16.5. The van der Waals surface area contributed by atoms with Crippen molar-refractivity contribution in [3.05, 3.63) is 35.7 Å². The summed E-state index contributed by atoms with van der Waals surface area (Å²) in [5.41, 5.74) is 0.180. The maximum absolute atomic E-state index is 13.0. The van der Waals surface area contributed by atoms with E-state index in [4.69, 9.17) is 10.8 Å². The first kappa shape index (κ1) is 20.1. The molecule has 1 saturated heterocycles. The van der Waals surface area contributed by atoms with Crippen LogP contribution in [-0.4, -0.2) is 51.7 Å². The number of para-hydroxylation sites is 1. The topological polar surface area (TPSA) is 119 Å². The summed E-state index contributed by atoms with van der Waals surface area (Å²) in [7, 11) is 0. The molecule has 0 radical (unpaired) electrons. The Balaban J connectivity index is 1.39. The van der Waals surface area contributed by atoms with Crippen molar-refractivity contribution < 1.29 is 20.4 Å². The van der Waals surface area contributed by atoms with Crippen LogP contribution in [0.2, 0.25) is 0 Å². The van der Waals surface area contributed by atoms with Crippen molar-refractivity contribution in [1.29, 1.82) is 0 Å². The Hall–Kier alpha value is -2.81. The van der Waals surface area contributed by atoms with E-state index in [1.807, 2.05) is 0 Å². The molecule has 9 heteroatoms. The van der Waals surface area contributed by atoms with Gasteiger partial charge in [0.15, 0.2) is 5.82 Å². The molecule has 1 saturated carbocycles. The molecule has 0 unspecified atom stereocenters. The van der Waals surface area contributed by atoms with Crippen LogP contribution in [-0.2, 0) is 16.0 Å². The van der Waals surface area contributed by atoms with Crippen molar-refractivity contribution in [3.8, 4) is 5.75 Å². The second kappa shape index (κ2) is 10.00. The third-order valence-corrected chi connectivity index (χ3v) is 6.29. The summed E-state index contributed by atoms with van der Waals surface area (Å²) in [4.78, 5) is 25.2. The van der Waals surface area contributed by atoms with Gasteiger partial charge >= 0.3 is 11.9 Å². The summed E-state index contributed by atoms with van der Waals surface area (Å²) < 4.78 is 19.4. The quantitative estimate of drug-likeness (QED) is 0.509. The van der Waals surface area contributed by atoms with E-state index in [1.54, 1.807) is 31.2 Å². The maximum atomic E-state index is 13.0. The van der Waals surface area contributed by atoms with Gasteiger partial charge in [0.2, 0.25) is 0 Å². The zero-order valence-corrected chi connectivity index (χ0v) is 17.7. The first-order valence-corrected chi connectivity index (χ1v) is 10.9. The minimum atomic E-state index is -1.54. The Labute approximate surface area is 182 Å². The van der Waals surface area contributed by atoms with Crippen LogP contribution < -0.4 is 10.1 Å². The van der Waals surface area contributed by atoms with Gasteiger partial charge in [-0.3, -0.25) is 0 Å². The summed E-state index contributed by atoms with van der Waals surface area (Å²) in [6.07, 6.45) is 5.30. The average molecular weight is 429 g/mol. The molecule has 0 bridgehead atoms. The molecule has 1 aromatic carbocycles. The van der Waals surface area contributed by atoms with Crippen LogP contribution in [0.4, 0.5) is 0 Å². The number of benzene rings is 1. The fourth-order valence-corrected chi connectivity index (χ4v) is 4.67. The number of carbonyl (C=O) groups is 2. The van der Waals surface area contributed by atoms with Gasteiger partial charge in [0.05, 0.1) is 7.98 Å². The smallest absolute Gasteiger partial charge is 0.341 e. The largest absolute Gasteiger partial charge is 0.462 e. The molecule has 2 heterocycles. The minimum absolute atomic E-state index is 0.119. The van der Waals surface area contributed by atoms with Crippen LogP contribution in [0.5, 0.6) is 5.75 Å². The molecule has 2 aromatic rings. The van der Waals surface area contributed by atoms with Crippen molar-refractivity contribution in [3.63, 3.8) is 0 Å². The number of hydrogen-bond donors (Lipinski definition) is 2. The molecule has 2 fully saturated rings. The third kappa shape index (κ3) is 5.28. The number of hydrogen-bond acceptors (Lipinski definition) is 8. The van der Waals surface area contributed by atoms with Gasteiger partial charge in [0.25, 0.3) is 0 Å². The Kier molecular flexibility index (Phi) is 6.49. The number of aromatic amines is 1. The normalized spacial score (nSPS) is 28.3. The van der Waals surface area contributed by atoms with E-state index < -0.39 is 18.0 Å². The van der Waals surface area contributed by atoms with Gasteiger partial charge in [-0.2, -0.15) is 5.21 Å². The molecule has 0 spiro atoms. The zero-order valence-electron chi connectivity index (χ0n) is 18.7. The number of carbonyl (C=O) groups excluding carboxylic acids is 2. The first-order valence-electron chi connectivity index (χ1n) is 11.4. The Morgan fingerprint density at radius 2 is 2.10 bits per heavy atom. The van der Waals surface area contributed by atoms with E-state index in [9.17, 15) is 9.59 Å². The van der Waals surface area contributed by atoms with E-state index in [2.05, 4.69) is 25.9 Å². The lowest BCUT2D eigenvalue weighted by molar-refractivity contribution is -0.138. The standard InChI is InChI=1S/C22H29N5O4/c1-2-30-21(28)17-5-3-4-6-19(17)31-22(29)18-12-16-11-14(7-9-15(16)13-23-18)8-10-20-24-26-27-25-20/h3-6,14-16,18,23H,2,7-13H2,1H3,(H,24,25,26,27)/t14-,15+,16-,18+/m1/s1/i18D. The number of aryl methyl sites for hydroxylation is 1.